The summed E-state index contributed by atoms with van der Waals surface area (Å²) < 4.78 is 3.17. The molecule has 8 heteroatoms. The van der Waals surface area contributed by atoms with E-state index in [1.807, 2.05) is 36.1 Å². The maximum absolute atomic E-state index is 13.6. The van der Waals surface area contributed by atoms with Gasteiger partial charge < -0.3 is 9.47 Å². The van der Waals surface area contributed by atoms with Crippen LogP contribution in [0.3, 0.4) is 0 Å². The van der Waals surface area contributed by atoms with Crippen LogP contribution in [0.4, 0.5) is 0 Å². The van der Waals surface area contributed by atoms with E-state index in [2.05, 4.69) is 18.8 Å². The van der Waals surface area contributed by atoms with Gasteiger partial charge in [-0.1, -0.05) is 26.0 Å². The van der Waals surface area contributed by atoms with Crippen LogP contribution in [0.15, 0.2) is 53.7 Å². The Morgan fingerprint density at radius 3 is 2.62 bits per heavy atom. The van der Waals surface area contributed by atoms with Crippen molar-refractivity contribution in [3.8, 4) is 0 Å². The maximum Gasteiger partial charge on any atom is 0.267 e. The van der Waals surface area contributed by atoms with Crippen LogP contribution in [0.1, 0.15) is 41.8 Å². The van der Waals surface area contributed by atoms with E-state index in [9.17, 15) is 9.59 Å². The monoisotopic (exact) mass is 456 g/mol. The van der Waals surface area contributed by atoms with Gasteiger partial charge in [0.05, 0.1) is 17.5 Å². The fraction of sp³-hybridized carbons (Fsp3) is 0.346. The highest BCUT2D eigenvalue weighted by molar-refractivity contribution is 5.97. The fourth-order valence-corrected chi connectivity index (χ4v) is 5.09. The summed E-state index contributed by atoms with van der Waals surface area (Å²) in [4.78, 5) is 38.0. The number of carbonyl (C=O) groups excluding carboxylic acids is 1. The van der Waals surface area contributed by atoms with Gasteiger partial charge in [-0.3, -0.25) is 24.4 Å². The van der Waals surface area contributed by atoms with Crippen molar-refractivity contribution in [3.63, 3.8) is 0 Å². The molecule has 8 nitrogen and oxygen atoms in total. The third-order valence-electron chi connectivity index (χ3n) is 6.58. The minimum atomic E-state index is -0.252. The molecule has 1 saturated heterocycles. The number of fused-ring (bicyclic) bond motifs is 2. The van der Waals surface area contributed by atoms with Gasteiger partial charge >= 0.3 is 0 Å². The Kier molecular flexibility index (Phi) is 5.51. The molecule has 1 fully saturated rings. The predicted molar refractivity (Wildman–Crippen MR) is 130 cm³/mol. The highest BCUT2D eigenvalue weighted by atomic mass is 16.2. The standard InChI is InChI=1S/C26H28N6O2/c1-16-10-17(2)14-30(13-16)25(33)20-11-21-24(29-23-18(3)6-5-9-31(23)26(21)34)32(22(20)27)15-19-7-4-8-28-12-19/h4-9,11-12,16-17,27H,10,13-15H2,1-3H3. The lowest BCUT2D eigenvalue weighted by molar-refractivity contribution is 0.0620. The summed E-state index contributed by atoms with van der Waals surface area (Å²) in [5.74, 6) is 0.576. The van der Waals surface area contributed by atoms with E-state index in [4.69, 9.17) is 10.4 Å². The van der Waals surface area contributed by atoms with Crippen molar-refractivity contribution in [3.05, 3.63) is 81.5 Å². The first-order valence-electron chi connectivity index (χ1n) is 11.6. The van der Waals surface area contributed by atoms with E-state index < -0.39 is 0 Å². The lowest BCUT2D eigenvalue weighted by Crippen LogP contribution is -2.45. The lowest BCUT2D eigenvalue weighted by atomic mass is 9.91. The molecular weight excluding hydrogens is 428 g/mol. The average molecular weight is 457 g/mol. The molecule has 1 aliphatic heterocycles. The zero-order valence-corrected chi connectivity index (χ0v) is 19.7. The Bertz CT molecular complexity index is 1510. The molecule has 0 spiro atoms. The topological polar surface area (TPSA) is 96.3 Å². The third kappa shape index (κ3) is 3.79. The van der Waals surface area contributed by atoms with E-state index in [1.165, 1.54) is 4.40 Å². The minimum absolute atomic E-state index is 0.0528. The highest BCUT2D eigenvalue weighted by Crippen LogP contribution is 2.23. The minimum Gasteiger partial charge on any atom is -0.338 e. The molecule has 34 heavy (non-hydrogen) atoms. The van der Waals surface area contributed by atoms with Crippen molar-refractivity contribution in [2.24, 2.45) is 11.8 Å². The van der Waals surface area contributed by atoms with Crippen molar-refractivity contribution in [2.45, 2.75) is 33.7 Å². The highest BCUT2D eigenvalue weighted by Gasteiger charge is 2.28. The summed E-state index contributed by atoms with van der Waals surface area (Å²) >= 11 is 0. The summed E-state index contributed by atoms with van der Waals surface area (Å²) in [5.41, 5.74) is 2.68. The number of nitrogens with zero attached hydrogens (tertiary/aromatic N) is 5. The molecule has 0 aliphatic carbocycles. The van der Waals surface area contributed by atoms with Gasteiger partial charge in [-0.25, -0.2) is 4.98 Å². The zero-order chi connectivity index (χ0) is 24.0. The number of aryl methyl sites for hydroxylation is 1. The molecule has 4 aromatic heterocycles. The molecule has 5 heterocycles. The molecule has 2 atom stereocenters. The summed E-state index contributed by atoms with van der Waals surface area (Å²) in [7, 11) is 0. The number of hydrogen-bond acceptors (Lipinski definition) is 5. The van der Waals surface area contributed by atoms with Gasteiger partial charge in [0.15, 0.2) is 0 Å². The second kappa shape index (κ2) is 8.52. The second-order valence-electron chi connectivity index (χ2n) is 9.55. The summed E-state index contributed by atoms with van der Waals surface area (Å²) in [5, 5.41) is 9.33. The first-order valence-corrected chi connectivity index (χ1v) is 11.6. The van der Waals surface area contributed by atoms with Crippen molar-refractivity contribution >= 4 is 22.6 Å². The second-order valence-corrected chi connectivity index (χ2v) is 9.55. The van der Waals surface area contributed by atoms with Crippen LogP contribution >= 0.6 is 0 Å². The van der Waals surface area contributed by atoms with Crippen molar-refractivity contribution in [1.82, 2.24) is 23.8 Å². The SMILES string of the molecule is Cc1cccn2c(=O)c3cc(C(=O)N4CC(C)CC(C)C4)c(=N)n(Cc4cccnc4)c3nc12. The number of piperidine rings is 1. The number of pyridine rings is 3. The molecule has 174 valence electrons. The van der Waals surface area contributed by atoms with Crippen LogP contribution in [0, 0.1) is 24.2 Å². The Morgan fingerprint density at radius 1 is 1.15 bits per heavy atom. The number of carbonyl (C=O) groups is 1. The molecule has 0 aromatic carbocycles. The predicted octanol–water partition coefficient (Wildman–Crippen LogP) is 3.00. The fourth-order valence-electron chi connectivity index (χ4n) is 5.09. The maximum atomic E-state index is 13.6. The van der Waals surface area contributed by atoms with Crippen LogP contribution in [-0.2, 0) is 6.54 Å². The molecule has 0 saturated carbocycles. The van der Waals surface area contributed by atoms with Gasteiger partial charge in [0.25, 0.3) is 11.5 Å². The van der Waals surface area contributed by atoms with Crippen LogP contribution in [0.2, 0.25) is 0 Å². The first kappa shape index (κ1) is 22.0. The van der Waals surface area contributed by atoms with E-state index in [-0.39, 0.29) is 29.1 Å². The van der Waals surface area contributed by atoms with Crippen molar-refractivity contribution in [2.75, 3.05) is 13.1 Å². The van der Waals surface area contributed by atoms with E-state index in [0.717, 1.165) is 17.5 Å². The molecule has 1 aliphatic rings. The quantitative estimate of drug-likeness (QED) is 0.479. The number of rotatable bonds is 3. The summed E-state index contributed by atoms with van der Waals surface area (Å²) in [6.45, 7) is 7.77. The Labute approximate surface area is 197 Å². The third-order valence-corrected chi connectivity index (χ3v) is 6.58. The number of aromatic nitrogens is 4. The molecule has 1 N–H and O–H groups in total. The number of hydrogen-bond donors (Lipinski definition) is 1. The molecule has 2 unspecified atom stereocenters. The summed E-state index contributed by atoms with van der Waals surface area (Å²) in [6, 6.07) is 9.01. The van der Waals surface area contributed by atoms with Gasteiger partial charge in [-0.15, -0.1) is 0 Å². The van der Waals surface area contributed by atoms with Crippen LogP contribution in [0.5, 0.6) is 0 Å². The van der Waals surface area contributed by atoms with Crippen molar-refractivity contribution < 1.29 is 4.79 Å². The Balaban J connectivity index is 1.77. The van der Waals surface area contributed by atoms with Gasteiger partial charge in [-0.2, -0.15) is 0 Å². The van der Waals surface area contributed by atoms with Crippen LogP contribution in [0.25, 0.3) is 16.7 Å². The van der Waals surface area contributed by atoms with E-state index in [1.54, 1.807) is 29.2 Å². The summed E-state index contributed by atoms with van der Waals surface area (Å²) in [6.07, 6.45) is 6.17. The molecular formula is C26H28N6O2. The normalized spacial score (nSPS) is 18.5. The molecule has 4 aromatic rings. The van der Waals surface area contributed by atoms with Crippen molar-refractivity contribution in [1.29, 1.82) is 5.41 Å². The Morgan fingerprint density at radius 2 is 1.91 bits per heavy atom. The van der Waals surface area contributed by atoms with Gasteiger partial charge in [0, 0.05) is 31.7 Å². The van der Waals surface area contributed by atoms with Crippen LogP contribution in [-0.4, -0.2) is 42.8 Å². The number of amides is 1. The van der Waals surface area contributed by atoms with Gasteiger partial charge in [-0.05, 0) is 54.5 Å². The lowest BCUT2D eigenvalue weighted by Gasteiger charge is -2.35. The Hall–Kier alpha value is -3.81. The van der Waals surface area contributed by atoms with Gasteiger partial charge in [0.1, 0.15) is 16.8 Å². The number of likely N-dealkylation sites (tertiary alicyclic amines) is 1. The molecule has 0 radical (unpaired) electrons. The van der Waals surface area contributed by atoms with Crippen LogP contribution < -0.4 is 11.0 Å². The van der Waals surface area contributed by atoms with Gasteiger partial charge in [0.2, 0.25) is 0 Å². The molecule has 1 amide bonds. The average Bonchev–Trinajstić information content (AvgIpc) is 2.81. The molecule has 5 rings (SSSR count). The van der Waals surface area contributed by atoms with E-state index in [0.29, 0.717) is 41.6 Å². The smallest absolute Gasteiger partial charge is 0.267 e. The first-order chi connectivity index (χ1) is 16.3. The largest absolute Gasteiger partial charge is 0.338 e. The zero-order valence-electron chi connectivity index (χ0n) is 19.7. The van der Waals surface area contributed by atoms with E-state index >= 15 is 0 Å². The molecule has 0 bridgehead atoms. The number of nitrogens with one attached hydrogen (secondary N) is 1.